The van der Waals surface area contributed by atoms with Crippen LogP contribution in [-0.4, -0.2) is 48.9 Å². The third kappa shape index (κ3) is 7.00. The first-order valence-electron chi connectivity index (χ1n) is 7.60. The molecule has 1 fully saturated rings. The second kappa shape index (κ2) is 8.15. The maximum Gasteiger partial charge on any atom is 0.313 e. The topological polar surface area (TPSA) is 66.0 Å². The van der Waals surface area contributed by atoms with Crippen LogP contribution in [-0.2, 0) is 21.3 Å². The number of rotatable bonds is 5. The molecule has 128 valence electrons. The predicted molar refractivity (Wildman–Crippen MR) is 96.9 cm³/mol. The molecular formula is C12H29NO5Si4. The molecule has 0 aliphatic carbocycles. The van der Waals surface area contributed by atoms with Crippen molar-refractivity contribution in [3.63, 3.8) is 0 Å². The first kappa shape index (κ1) is 20.0. The van der Waals surface area contributed by atoms with Crippen LogP contribution < -0.4 is 5.32 Å². The summed E-state index contributed by atoms with van der Waals surface area (Å²) in [6.45, 7) is 16.2. The summed E-state index contributed by atoms with van der Waals surface area (Å²) in [6, 6.07) is 0. The highest BCUT2D eigenvalue weighted by atomic mass is 28.5. The second-order valence-electron chi connectivity index (χ2n) is 6.62. The lowest BCUT2D eigenvalue weighted by Crippen LogP contribution is -2.55. The number of amides is 1. The number of hydrogen-bond acceptors (Lipinski definition) is 5. The Labute approximate surface area is 140 Å². The third-order valence-electron chi connectivity index (χ3n) is 3.27. The molecule has 0 radical (unpaired) electrons. The Balaban J connectivity index is 2.52. The summed E-state index contributed by atoms with van der Waals surface area (Å²) in [5.74, 6) is -0.100. The fraction of sp³-hybridized carbons (Fsp3) is 0.750. The lowest BCUT2D eigenvalue weighted by Gasteiger charge is -2.39. The van der Waals surface area contributed by atoms with Gasteiger partial charge in [0.2, 0.25) is 5.91 Å². The molecule has 22 heavy (non-hydrogen) atoms. The fourth-order valence-electron chi connectivity index (χ4n) is 2.18. The van der Waals surface area contributed by atoms with Crippen molar-refractivity contribution in [3.8, 4) is 0 Å². The molecule has 1 aliphatic rings. The number of nitrogens with one attached hydrogen (secondary N) is 1. The van der Waals surface area contributed by atoms with E-state index in [1.807, 2.05) is 13.1 Å². The minimum Gasteiger partial charge on any atom is -0.422 e. The van der Waals surface area contributed by atoms with Crippen molar-refractivity contribution in [1.82, 2.24) is 5.32 Å². The van der Waals surface area contributed by atoms with Crippen molar-refractivity contribution in [2.75, 3.05) is 6.54 Å². The highest BCUT2D eigenvalue weighted by molar-refractivity contribution is 6.84. The van der Waals surface area contributed by atoms with E-state index in [2.05, 4.69) is 31.9 Å². The zero-order valence-corrected chi connectivity index (χ0v) is 19.1. The highest BCUT2D eigenvalue weighted by Gasteiger charge is 2.42. The van der Waals surface area contributed by atoms with Gasteiger partial charge in [-0.25, -0.2) is 0 Å². The van der Waals surface area contributed by atoms with Gasteiger partial charge in [-0.15, -0.1) is 0 Å². The molecule has 10 heteroatoms. The van der Waals surface area contributed by atoms with Crippen LogP contribution >= 0.6 is 0 Å². The highest BCUT2D eigenvalue weighted by Crippen LogP contribution is 2.25. The Kier molecular flexibility index (Phi) is 7.39. The summed E-state index contributed by atoms with van der Waals surface area (Å²) in [7, 11) is -7.21. The van der Waals surface area contributed by atoms with Gasteiger partial charge in [0.15, 0.2) is 0 Å². The van der Waals surface area contributed by atoms with Crippen LogP contribution in [0.15, 0.2) is 12.2 Å². The molecule has 1 heterocycles. The summed E-state index contributed by atoms with van der Waals surface area (Å²) in [5, 5.41) is 2.85. The van der Waals surface area contributed by atoms with E-state index in [0.717, 1.165) is 6.42 Å². The molecule has 1 amide bonds. The normalized spacial score (nSPS) is 26.7. The van der Waals surface area contributed by atoms with E-state index in [1.54, 1.807) is 6.92 Å². The van der Waals surface area contributed by atoms with E-state index in [9.17, 15) is 4.79 Å². The molecular weight excluding hydrogens is 350 g/mol. The lowest BCUT2D eigenvalue weighted by atomic mass is 10.3. The summed E-state index contributed by atoms with van der Waals surface area (Å²) in [4.78, 5) is 11.5. The van der Waals surface area contributed by atoms with Crippen molar-refractivity contribution in [3.05, 3.63) is 12.2 Å². The second-order valence-corrected chi connectivity index (χ2v) is 18.6. The largest absolute Gasteiger partial charge is 0.422 e. The summed E-state index contributed by atoms with van der Waals surface area (Å²) in [6.07, 6.45) is 0.829. The lowest BCUT2D eigenvalue weighted by molar-refractivity contribution is -0.117. The first-order chi connectivity index (χ1) is 10.0. The summed E-state index contributed by atoms with van der Waals surface area (Å²) in [5.41, 5.74) is 0.818. The predicted octanol–water partition coefficient (Wildman–Crippen LogP) is 1.16. The Bertz CT molecular complexity index is 418. The maximum absolute atomic E-state index is 11.5. The SMILES string of the molecule is C=C(C)C(=O)NCCC(C)[SiH]1O[SiH2]O[Si](C)(C)O[Si](C)(C)O1. The van der Waals surface area contributed by atoms with Gasteiger partial charge in [0.25, 0.3) is 10.0 Å². The molecule has 1 N–H and O–H groups in total. The molecule has 6 nitrogen and oxygen atoms in total. The summed E-state index contributed by atoms with van der Waals surface area (Å²) < 4.78 is 24.4. The Hall–Kier alpha value is -0.0825. The van der Waals surface area contributed by atoms with Gasteiger partial charge in [-0.05, 0) is 45.1 Å². The van der Waals surface area contributed by atoms with Crippen LogP contribution in [0.2, 0.25) is 31.7 Å². The molecule has 0 aromatic heterocycles. The van der Waals surface area contributed by atoms with Crippen molar-refractivity contribution in [2.24, 2.45) is 0 Å². The van der Waals surface area contributed by atoms with Gasteiger partial charge < -0.3 is 21.8 Å². The minimum atomic E-state index is -2.22. The standard InChI is InChI=1S/C12H29NO5Si4/c1-10(2)12(14)13-9-8-11(3)20-15-19-16-21(4,5)18-22(6,7)17-20/h11,20H,1,8-9,19H2,2-7H3,(H,13,14). The first-order valence-corrected chi connectivity index (χ1v) is 16.0. The molecule has 2 unspecified atom stereocenters. The van der Waals surface area contributed by atoms with Crippen LogP contribution in [0, 0.1) is 0 Å². The van der Waals surface area contributed by atoms with Gasteiger partial charge in [-0.1, -0.05) is 13.5 Å². The van der Waals surface area contributed by atoms with Crippen molar-refractivity contribution in [2.45, 2.75) is 52.0 Å². The van der Waals surface area contributed by atoms with E-state index in [1.165, 1.54) is 0 Å². The smallest absolute Gasteiger partial charge is 0.313 e. The molecule has 1 aliphatic heterocycles. The third-order valence-corrected chi connectivity index (χ3v) is 16.8. The van der Waals surface area contributed by atoms with E-state index in [-0.39, 0.29) is 5.91 Å². The van der Waals surface area contributed by atoms with Crippen LogP contribution in [0.25, 0.3) is 0 Å². The van der Waals surface area contributed by atoms with Crippen LogP contribution in [0.1, 0.15) is 20.3 Å². The number of carbonyl (C=O) groups is 1. The average molecular weight is 380 g/mol. The molecule has 0 aromatic carbocycles. The zero-order chi connectivity index (χ0) is 17.0. The van der Waals surface area contributed by atoms with Crippen LogP contribution in [0.5, 0.6) is 0 Å². The Morgan fingerprint density at radius 2 is 1.95 bits per heavy atom. The van der Waals surface area contributed by atoms with Gasteiger partial charge in [0.05, 0.1) is 0 Å². The minimum absolute atomic E-state index is 0.100. The molecule has 2 atom stereocenters. The molecule has 0 spiro atoms. The van der Waals surface area contributed by atoms with Crippen molar-refractivity contribution < 1.29 is 21.3 Å². The van der Waals surface area contributed by atoms with E-state index in [4.69, 9.17) is 16.5 Å². The zero-order valence-electron chi connectivity index (χ0n) is 14.5. The van der Waals surface area contributed by atoms with Crippen molar-refractivity contribution >= 4 is 42.3 Å². The fourth-order valence-corrected chi connectivity index (χ4v) is 16.7. The van der Waals surface area contributed by atoms with Gasteiger partial charge in [0.1, 0.15) is 0 Å². The van der Waals surface area contributed by atoms with Gasteiger partial charge in [0, 0.05) is 12.1 Å². The maximum atomic E-state index is 11.5. The molecule has 1 saturated heterocycles. The summed E-state index contributed by atoms with van der Waals surface area (Å²) >= 11 is 0. The molecule has 0 saturated carbocycles. The van der Waals surface area contributed by atoms with E-state index >= 15 is 0 Å². The monoisotopic (exact) mass is 379 g/mol. The molecule has 0 aromatic rings. The van der Waals surface area contributed by atoms with Gasteiger partial charge >= 0.3 is 26.4 Å². The average Bonchev–Trinajstić information content (AvgIpc) is 2.33. The number of hydrogen-bond donors (Lipinski definition) is 1. The molecule has 1 rings (SSSR count). The molecule has 0 bridgehead atoms. The Morgan fingerprint density at radius 3 is 2.55 bits per heavy atom. The quantitative estimate of drug-likeness (QED) is 0.573. The van der Waals surface area contributed by atoms with E-state index < -0.39 is 36.4 Å². The van der Waals surface area contributed by atoms with Crippen LogP contribution in [0.4, 0.5) is 0 Å². The van der Waals surface area contributed by atoms with Gasteiger partial charge in [-0.3, -0.25) is 4.79 Å². The van der Waals surface area contributed by atoms with Gasteiger partial charge in [-0.2, -0.15) is 0 Å². The van der Waals surface area contributed by atoms with E-state index in [0.29, 0.717) is 17.7 Å². The van der Waals surface area contributed by atoms with Crippen LogP contribution in [0.3, 0.4) is 0 Å². The number of carbonyl (C=O) groups excluding carboxylic acids is 1. The van der Waals surface area contributed by atoms with Crippen molar-refractivity contribution in [1.29, 1.82) is 0 Å². The Morgan fingerprint density at radius 1 is 1.32 bits per heavy atom.